The number of ketones is 1. The molecule has 5 heteroatoms. The van der Waals surface area contributed by atoms with Crippen LogP contribution in [0.4, 0.5) is 9.18 Å². The Hall–Kier alpha value is -1.91. The first-order chi connectivity index (χ1) is 11.2. The average Bonchev–Trinajstić information content (AvgIpc) is 2.48. The second-order valence-electron chi connectivity index (χ2n) is 6.86. The molecule has 1 rings (SSSR count). The van der Waals surface area contributed by atoms with Crippen LogP contribution in [0.15, 0.2) is 24.3 Å². The Bertz CT molecular complexity index is 552. The van der Waals surface area contributed by atoms with Crippen LogP contribution in [0, 0.1) is 5.82 Å². The van der Waals surface area contributed by atoms with Gasteiger partial charge in [0.05, 0.1) is 0 Å². The molecule has 0 unspecified atom stereocenters. The van der Waals surface area contributed by atoms with Crippen LogP contribution in [0.2, 0.25) is 0 Å². The quantitative estimate of drug-likeness (QED) is 0.639. The third-order valence-corrected chi connectivity index (χ3v) is 3.41. The molecule has 0 aromatic heterocycles. The maximum Gasteiger partial charge on any atom is 0.410 e. The van der Waals surface area contributed by atoms with Crippen LogP contribution < -0.4 is 0 Å². The molecule has 24 heavy (non-hydrogen) atoms. The Morgan fingerprint density at radius 1 is 1.17 bits per heavy atom. The maximum absolute atomic E-state index is 13.2. The van der Waals surface area contributed by atoms with Gasteiger partial charge in [0.15, 0.2) is 5.78 Å². The number of unbranched alkanes of at least 4 members (excludes halogenated alkanes) is 1. The van der Waals surface area contributed by atoms with Crippen LogP contribution in [-0.2, 0) is 4.74 Å². The molecule has 0 saturated carbocycles. The van der Waals surface area contributed by atoms with Crippen molar-refractivity contribution in [3.8, 4) is 0 Å². The van der Waals surface area contributed by atoms with E-state index in [0.29, 0.717) is 25.1 Å². The number of benzene rings is 1. The van der Waals surface area contributed by atoms with E-state index in [9.17, 15) is 14.0 Å². The van der Waals surface area contributed by atoms with Crippen LogP contribution in [-0.4, -0.2) is 35.5 Å². The van der Waals surface area contributed by atoms with Crippen molar-refractivity contribution in [2.45, 2.75) is 59.0 Å². The molecule has 1 aromatic rings. The molecule has 1 aromatic carbocycles. The van der Waals surface area contributed by atoms with Gasteiger partial charge < -0.3 is 9.64 Å². The predicted octanol–water partition coefficient (Wildman–Crippen LogP) is 4.83. The number of halogens is 1. The Balaban J connectivity index is 2.55. The number of nitrogens with zero attached hydrogens (tertiary/aromatic N) is 1. The van der Waals surface area contributed by atoms with Gasteiger partial charge in [0.2, 0.25) is 0 Å². The van der Waals surface area contributed by atoms with E-state index >= 15 is 0 Å². The highest BCUT2D eigenvalue weighted by Crippen LogP contribution is 2.13. The molecule has 0 aliphatic carbocycles. The third kappa shape index (κ3) is 7.57. The SMILES string of the molecule is CCCCN(CCCC(=O)c1cccc(F)c1)C(=O)OC(C)(C)C. The first kappa shape index (κ1) is 20.1. The summed E-state index contributed by atoms with van der Waals surface area (Å²) in [5.74, 6) is -0.534. The summed E-state index contributed by atoms with van der Waals surface area (Å²) in [4.78, 5) is 26.0. The Morgan fingerprint density at radius 2 is 1.83 bits per heavy atom. The highest BCUT2D eigenvalue weighted by atomic mass is 19.1. The van der Waals surface area contributed by atoms with Gasteiger partial charge >= 0.3 is 6.09 Å². The van der Waals surface area contributed by atoms with Gasteiger partial charge in [-0.3, -0.25) is 4.79 Å². The summed E-state index contributed by atoms with van der Waals surface area (Å²) in [5, 5.41) is 0. The number of rotatable bonds is 8. The topological polar surface area (TPSA) is 46.6 Å². The fraction of sp³-hybridized carbons (Fsp3) is 0.579. The molecule has 1 amide bonds. The summed E-state index contributed by atoms with van der Waals surface area (Å²) >= 11 is 0. The largest absolute Gasteiger partial charge is 0.444 e. The summed E-state index contributed by atoms with van der Waals surface area (Å²) in [6, 6.07) is 5.68. The minimum absolute atomic E-state index is 0.117. The zero-order valence-electron chi connectivity index (χ0n) is 15.1. The number of hydrogen-bond acceptors (Lipinski definition) is 3. The van der Waals surface area contributed by atoms with Gasteiger partial charge in [-0.1, -0.05) is 25.5 Å². The van der Waals surface area contributed by atoms with Crippen LogP contribution in [0.5, 0.6) is 0 Å². The molecular formula is C19H28FNO3. The second-order valence-corrected chi connectivity index (χ2v) is 6.86. The number of carbonyl (C=O) groups excluding carboxylic acids is 2. The average molecular weight is 337 g/mol. The lowest BCUT2D eigenvalue weighted by Crippen LogP contribution is -2.38. The number of ether oxygens (including phenoxy) is 1. The van der Waals surface area contributed by atoms with Crippen LogP contribution in [0.25, 0.3) is 0 Å². The van der Waals surface area contributed by atoms with Crippen molar-refractivity contribution in [1.82, 2.24) is 4.90 Å². The van der Waals surface area contributed by atoms with E-state index in [0.717, 1.165) is 12.8 Å². The minimum atomic E-state index is -0.543. The van der Waals surface area contributed by atoms with Crippen LogP contribution in [0.3, 0.4) is 0 Å². The van der Waals surface area contributed by atoms with Crippen molar-refractivity contribution >= 4 is 11.9 Å². The molecule has 0 N–H and O–H groups in total. The number of amides is 1. The zero-order chi connectivity index (χ0) is 18.2. The highest BCUT2D eigenvalue weighted by Gasteiger charge is 2.21. The highest BCUT2D eigenvalue weighted by molar-refractivity contribution is 5.96. The van der Waals surface area contributed by atoms with E-state index in [2.05, 4.69) is 6.92 Å². The van der Waals surface area contributed by atoms with Crippen molar-refractivity contribution < 1.29 is 18.7 Å². The molecule has 0 aliphatic rings. The summed E-state index contributed by atoms with van der Waals surface area (Å²) in [6.45, 7) is 8.61. The standard InChI is InChI=1S/C19H28FNO3/c1-5-6-12-21(18(23)24-19(2,3)4)13-8-11-17(22)15-9-7-10-16(20)14-15/h7,9-10,14H,5-6,8,11-13H2,1-4H3. The molecule has 0 saturated heterocycles. The van der Waals surface area contributed by atoms with Gasteiger partial charge in [0, 0.05) is 25.1 Å². The first-order valence-corrected chi connectivity index (χ1v) is 8.49. The van der Waals surface area contributed by atoms with E-state index in [-0.39, 0.29) is 18.3 Å². The van der Waals surface area contributed by atoms with Crippen molar-refractivity contribution in [3.05, 3.63) is 35.6 Å². The number of hydrogen-bond donors (Lipinski definition) is 0. The molecule has 134 valence electrons. The van der Waals surface area contributed by atoms with Crippen LogP contribution in [0.1, 0.15) is 63.7 Å². The molecule has 0 spiro atoms. The Labute approximate surface area is 144 Å². The molecular weight excluding hydrogens is 309 g/mol. The Morgan fingerprint density at radius 3 is 2.42 bits per heavy atom. The lowest BCUT2D eigenvalue weighted by Gasteiger charge is -2.27. The molecule has 0 aliphatic heterocycles. The fourth-order valence-corrected chi connectivity index (χ4v) is 2.21. The maximum atomic E-state index is 13.2. The molecule has 0 heterocycles. The number of carbonyl (C=O) groups is 2. The van der Waals surface area contributed by atoms with Crippen LogP contribution >= 0.6 is 0 Å². The van der Waals surface area contributed by atoms with Crippen molar-refractivity contribution in [2.24, 2.45) is 0 Å². The molecule has 0 radical (unpaired) electrons. The zero-order valence-corrected chi connectivity index (χ0v) is 15.1. The van der Waals surface area contributed by atoms with E-state index in [1.54, 1.807) is 11.0 Å². The lowest BCUT2D eigenvalue weighted by molar-refractivity contribution is 0.0243. The van der Waals surface area contributed by atoms with Gasteiger partial charge in [0.1, 0.15) is 11.4 Å². The van der Waals surface area contributed by atoms with Gasteiger partial charge in [0.25, 0.3) is 0 Å². The Kier molecular flexibility index (Phi) is 7.89. The number of Topliss-reactive ketones (excluding diaryl/α,β-unsaturated/α-hetero) is 1. The third-order valence-electron chi connectivity index (χ3n) is 3.41. The van der Waals surface area contributed by atoms with Crippen molar-refractivity contribution in [3.63, 3.8) is 0 Å². The molecule has 0 fully saturated rings. The van der Waals surface area contributed by atoms with Crippen molar-refractivity contribution in [1.29, 1.82) is 0 Å². The minimum Gasteiger partial charge on any atom is -0.444 e. The predicted molar refractivity (Wildman–Crippen MR) is 92.7 cm³/mol. The molecule has 0 bridgehead atoms. The summed E-state index contributed by atoms with van der Waals surface area (Å²) in [7, 11) is 0. The van der Waals surface area contributed by atoms with E-state index in [1.807, 2.05) is 20.8 Å². The van der Waals surface area contributed by atoms with E-state index in [4.69, 9.17) is 4.74 Å². The van der Waals surface area contributed by atoms with Gasteiger partial charge in [-0.2, -0.15) is 0 Å². The molecule has 4 nitrogen and oxygen atoms in total. The summed E-state index contributed by atoms with van der Waals surface area (Å²) < 4.78 is 18.6. The fourth-order valence-electron chi connectivity index (χ4n) is 2.21. The normalized spacial score (nSPS) is 11.2. The summed E-state index contributed by atoms with van der Waals surface area (Å²) in [6.07, 6.45) is 2.31. The van der Waals surface area contributed by atoms with Gasteiger partial charge in [-0.15, -0.1) is 0 Å². The van der Waals surface area contributed by atoms with E-state index < -0.39 is 11.4 Å². The first-order valence-electron chi connectivity index (χ1n) is 8.49. The molecule has 0 atom stereocenters. The lowest BCUT2D eigenvalue weighted by atomic mass is 10.1. The van der Waals surface area contributed by atoms with Gasteiger partial charge in [-0.25, -0.2) is 9.18 Å². The summed E-state index contributed by atoms with van der Waals surface area (Å²) in [5.41, 5.74) is -0.175. The van der Waals surface area contributed by atoms with Gasteiger partial charge in [-0.05, 0) is 45.7 Å². The van der Waals surface area contributed by atoms with Crippen molar-refractivity contribution in [2.75, 3.05) is 13.1 Å². The monoisotopic (exact) mass is 337 g/mol. The second kappa shape index (κ2) is 9.40. The van der Waals surface area contributed by atoms with E-state index in [1.165, 1.54) is 18.2 Å². The smallest absolute Gasteiger partial charge is 0.410 e.